The lowest BCUT2D eigenvalue weighted by molar-refractivity contribution is -0.117. The average molecular weight is 362 g/mol. The molecule has 3 nitrogen and oxygen atoms in total. The standard InChI is InChI=1S/C13H16FIN2O/c14-10-3-4-12(11(15)7-10)17-13(18)6-9-2-1-5-16-8-9/h3-4,7,9,16H,1-2,5-6,8H2,(H,17,18). The fourth-order valence-corrected chi connectivity index (χ4v) is 2.76. The first-order valence-electron chi connectivity index (χ1n) is 6.11. The summed E-state index contributed by atoms with van der Waals surface area (Å²) in [5.74, 6) is 0.138. The first-order chi connectivity index (χ1) is 8.65. The molecule has 0 aromatic heterocycles. The maximum Gasteiger partial charge on any atom is 0.224 e. The number of hydrogen-bond acceptors (Lipinski definition) is 2. The van der Waals surface area contributed by atoms with E-state index in [0.717, 1.165) is 29.5 Å². The topological polar surface area (TPSA) is 41.1 Å². The van der Waals surface area contributed by atoms with Crippen molar-refractivity contribution < 1.29 is 9.18 Å². The molecular weight excluding hydrogens is 346 g/mol. The number of hydrogen-bond donors (Lipinski definition) is 2. The van der Waals surface area contributed by atoms with Crippen LogP contribution in [0.4, 0.5) is 10.1 Å². The zero-order valence-corrected chi connectivity index (χ0v) is 12.2. The first-order valence-corrected chi connectivity index (χ1v) is 7.18. The fourth-order valence-electron chi connectivity index (χ4n) is 2.15. The van der Waals surface area contributed by atoms with Crippen LogP contribution in [0, 0.1) is 15.3 Å². The lowest BCUT2D eigenvalue weighted by Gasteiger charge is -2.22. The van der Waals surface area contributed by atoms with Gasteiger partial charge in [0.1, 0.15) is 5.82 Å². The van der Waals surface area contributed by atoms with Crippen molar-refractivity contribution in [2.24, 2.45) is 5.92 Å². The quantitative estimate of drug-likeness (QED) is 0.812. The number of benzene rings is 1. The summed E-state index contributed by atoms with van der Waals surface area (Å²) in [7, 11) is 0. The monoisotopic (exact) mass is 362 g/mol. The van der Waals surface area contributed by atoms with Crippen LogP contribution in [0.5, 0.6) is 0 Å². The molecule has 1 aromatic carbocycles. The van der Waals surface area contributed by atoms with Crippen molar-refractivity contribution in [3.63, 3.8) is 0 Å². The van der Waals surface area contributed by atoms with Crippen molar-refractivity contribution in [3.8, 4) is 0 Å². The molecule has 1 fully saturated rings. The number of piperidine rings is 1. The number of halogens is 2. The molecule has 98 valence electrons. The van der Waals surface area contributed by atoms with Gasteiger partial charge in [0.05, 0.1) is 5.69 Å². The highest BCUT2D eigenvalue weighted by Gasteiger charge is 2.17. The second kappa shape index (κ2) is 6.47. The SMILES string of the molecule is O=C(CC1CCCNC1)Nc1ccc(F)cc1I. The molecule has 0 aliphatic carbocycles. The van der Waals surface area contributed by atoms with Gasteiger partial charge in [0.25, 0.3) is 0 Å². The minimum Gasteiger partial charge on any atom is -0.325 e. The summed E-state index contributed by atoms with van der Waals surface area (Å²) >= 11 is 2.02. The van der Waals surface area contributed by atoms with E-state index in [9.17, 15) is 9.18 Å². The molecule has 0 radical (unpaired) electrons. The van der Waals surface area contributed by atoms with Gasteiger partial charge in [-0.25, -0.2) is 4.39 Å². The van der Waals surface area contributed by atoms with Gasteiger partial charge in [0.15, 0.2) is 0 Å². The third kappa shape index (κ3) is 3.91. The van der Waals surface area contributed by atoms with E-state index in [1.54, 1.807) is 6.07 Å². The number of rotatable bonds is 3. The van der Waals surface area contributed by atoms with E-state index in [-0.39, 0.29) is 11.7 Å². The summed E-state index contributed by atoms with van der Waals surface area (Å²) in [6.07, 6.45) is 2.76. The highest BCUT2D eigenvalue weighted by Crippen LogP contribution is 2.20. The van der Waals surface area contributed by atoms with Gasteiger partial charge in [-0.15, -0.1) is 0 Å². The van der Waals surface area contributed by atoms with Crippen LogP contribution >= 0.6 is 22.6 Å². The molecule has 1 heterocycles. The van der Waals surface area contributed by atoms with Gasteiger partial charge in [-0.2, -0.15) is 0 Å². The zero-order valence-electron chi connectivity index (χ0n) is 10.0. The van der Waals surface area contributed by atoms with Crippen LogP contribution in [-0.2, 0) is 4.79 Å². The molecule has 1 atom stereocenters. The largest absolute Gasteiger partial charge is 0.325 e. The van der Waals surface area contributed by atoms with E-state index in [0.29, 0.717) is 18.0 Å². The molecule has 1 aromatic rings. The van der Waals surface area contributed by atoms with Crippen LogP contribution in [0.15, 0.2) is 18.2 Å². The molecular formula is C13H16FIN2O. The molecule has 0 bridgehead atoms. The Morgan fingerprint density at radius 3 is 3.06 bits per heavy atom. The maximum atomic E-state index is 12.9. The molecule has 1 aliphatic rings. The summed E-state index contributed by atoms with van der Waals surface area (Å²) in [5.41, 5.74) is 0.686. The molecule has 1 aliphatic heterocycles. The molecule has 2 rings (SSSR count). The van der Waals surface area contributed by atoms with Crippen LogP contribution < -0.4 is 10.6 Å². The van der Waals surface area contributed by atoms with Crippen LogP contribution in [-0.4, -0.2) is 19.0 Å². The Labute approximate surface area is 120 Å². The van der Waals surface area contributed by atoms with Crippen LogP contribution in [0.3, 0.4) is 0 Å². The van der Waals surface area contributed by atoms with E-state index in [2.05, 4.69) is 10.6 Å². The van der Waals surface area contributed by atoms with Crippen molar-refractivity contribution >= 4 is 34.2 Å². The van der Waals surface area contributed by atoms with Gasteiger partial charge in [-0.1, -0.05) is 0 Å². The summed E-state index contributed by atoms with van der Waals surface area (Å²) < 4.78 is 13.7. The number of carbonyl (C=O) groups excluding carboxylic acids is 1. The van der Waals surface area contributed by atoms with Gasteiger partial charge < -0.3 is 10.6 Å². The number of amides is 1. The van der Waals surface area contributed by atoms with E-state index < -0.39 is 0 Å². The summed E-state index contributed by atoms with van der Waals surface area (Å²) in [6, 6.07) is 4.38. The Kier molecular flexibility index (Phi) is 4.94. The maximum absolute atomic E-state index is 12.9. The molecule has 2 N–H and O–H groups in total. The van der Waals surface area contributed by atoms with Crippen molar-refractivity contribution in [1.29, 1.82) is 0 Å². The molecule has 0 spiro atoms. The van der Waals surface area contributed by atoms with Crippen LogP contribution in [0.25, 0.3) is 0 Å². The van der Waals surface area contributed by atoms with Crippen molar-refractivity contribution in [2.45, 2.75) is 19.3 Å². The van der Waals surface area contributed by atoms with Gasteiger partial charge >= 0.3 is 0 Å². The Morgan fingerprint density at radius 1 is 1.56 bits per heavy atom. The van der Waals surface area contributed by atoms with E-state index in [1.165, 1.54) is 12.1 Å². The molecule has 1 amide bonds. The Morgan fingerprint density at radius 2 is 2.39 bits per heavy atom. The van der Waals surface area contributed by atoms with Gasteiger partial charge in [-0.3, -0.25) is 4.79 Å². The fraction of sp³-hybridized carbons (Fsp3) is 0.462. The summed E-state index contributed by atoms with van der Waals surface area (Å²) in [4.78, 5) is 11.9. The minimum atomic E-state index is -0.283. The minimum absolute atomic E-state index is 0.00761. The second-order valence-corrected chi connectivity index (χ2v) is 5.75. The second-order valence-electron chi connectivity index (χ2n) is 4.59. The van der Waals surface area contributed by atoms with Crippen LogP contribution in [0.2, 0.25) is 0 Å². The molecule has 5 heteroatoms. The third-order valence-electron chi connectivity index (χ3n) is 3.08. The Balaban J connectivity index is 1.90. The van der Waals surface area contributed by atoms with E-state index >= 15 is 0 Å². The molecule has 1 saturated heterocycles. The summed E-state index contributed by atoms with van der Waals surface area (Å²) in [5, 5.41) is 6.14. The average Bonchev–Trinajstić information content (AvgIpc) is 2.34. The van der Waals surface area contributed by atoms with Crippen molar-refractivity contribution in [2.75, 3.05) is 18.4 Å². The Hall–Kier alpha value is -0.690. The van der Waals surface area contributed by atoms with Crippen molar-refractivity contribution in [3.05, 3.63) is 27.6 Å². The van der Waals surface area contributed by atoms with Gasteiger partial charge in [0, 0.05) is 9.99 Å². The van der Waals surface area contributed by atoms with Gasteiger partial charge in [-0.05, 0) is 72.6 Å². The third-order valence-corrected chi connectivity index (χ3v) is 3.97. The number of nitrogens with one attached hydrogen (secondary N) is 2. The molecule has 1 unspecified atom stereocenters. The predicted octanol–water partition coefficient (Wildman–Crippen LogP) is 2.76. The highest BCUT2D eigenvalue weighted by atomic mass is 127. The summed E-state index contributed by atoms with van der Waals surface area (Å²) in [6.45, 7) is 1.96. The van der Waals surface area contributed by atoms with E-state index in [1.807, 2.05) is 22.6 Å². The first kappa shape index (κ1) is 13.7. The van der Waals surface area contributed by atoms with Crippen LogP contribution in [0.1, 0.15) is 19.3 Å². The lowest BCUT2D eigenvalue weighted by atomic mass is 9.96. The van der Waals surface area contributed by atoms with Gasteiger partial charge in [0.2, 0.25) is 5.91 Å². The van der Waals surface area contributed by atoms with Crippen molar-refractivity contribution in [1.82, 2.24) is 5.32 Å². The normalized spacial score (nSPS) is 19.6. The number of carbonyl (C=O) groups is 1. The molecule has 0 saturated carbocycles. The van der Waals surface area contributed by atoms with E-state index in [4.69, 9.17) is 0 Å². The smallest absolute Gasteiger partial charge is 0.224 e. The Bertz CT molecular complexity index is 433. The highest BCUT2D eigenvalue weighted by molar-refractivity contribution is 14.1. The predicted molar refractivity (Wildman–Crippen MR) is 78.0 cm³/mol. The number of anilines is 1. The lowest BCUT2D eigenvalue weighted by Crippen LogP contribution is -2.32. The molecule has 18 heavy (non-hydrogen) atoms. The zero-order chi connectivity index (χ0) is 13.0.